The van der Waals surface area contributed by atoms with Crippen molar-refractivity contribution >= 4 is 39.3 Å². The SMILES string of the molecule is O=[S@@]1CCC[S@@](=O)C1=Cc1ccc(Cl)cc1. The molecule has 2 nitrogen and oxygen atoms in total. The van der Waals surface area contributed by atoms with Crippen LogP contribution in [0.3, 0.4) is 0 Å². The predicted molar refractivity (Wildman–Crippen MR) is 70.1 cm³/mol. The van der Waals surface area contributed by atoms with E-state index >= 15 is 0 Å². The van der Waals surface area contributed by atoms with Crippen LogP contribution in [-0.2, 0) is 21.6 Å². The highest BCUT2D eigenvalue weighted by Crippen LogP contribution is 2.20. The molecule has 2 atom stereocenters. The molecule has 1 heterocycles. The topological polar surface area (TPSA) is 34.1 Å². The highest BCUT2D eigenvalue weighted by atomic mass is 35.5. The first kappa shape index (κ1) is 12.0. The van der Waals surface area contributed by atoms with Crippen LogP contribution in [0, 0.1) is 0 Å². The van der Waals surface area contributed by atoms with Gasteiger partial charge in [-0.25, -0.2) is 0 Å². The average Bonchev–Trinajstić information content (AvgIpc) is 2.26. The fourth-order valence-electron chi connectivity index (χ4n) is 1.45. The van der Waals surface area contributed by atoms with Gasteiger partial charge >= 0.3 is 0 Å². The second-order valence-electron chi connectivity index (χ2n) is 3.47. The molecule has 0 aliphatic carbocycles. The first-order valence-electron chi connectivity index (χ1n) is 4.91. The Morgan fingerprint density at radius 1 is 1.06 bits per heavy atom. The third-order valence-corrected chi connectivity index (χ3v) is 6.08. The van der Waals surface area contributed by atoms with E-state index in [1.54, 1.807) is 18.2 Å². The molecule has 0 aromatic heterocycles. The van der Waals surface area contributed by atoms with Gasteiger partial charge in [-0.15, -0.1) is 0 Å². The molecular weight excluding hydrogens is 264 g/mol. The van der Waals surface area contributed by atoms with Crippen molar-refractivity contribution in [1.82, 2.24) is 0 Å². The summed E-state index contributed by atoms with van der Waals surface area (Å²) in [7, 11) is -2.17. The fourth-order valence-corrected chi connectivity index (χ4v) is 4.84. The van der Waals surface area contributed by atoms with Gasteiger partial charge in [0.15, 0.2) is 0 Å². The molecule has 1 fully saturated rings. The Labute approximate surface area is 105 Å². The van der Waals surface area contributed by atoms with E-state index in [4.69, 9.17) is 11.6 Å². The second-order valence-corrected chi connectivity index (χ2v) is 7.24. The lowest BCUT2D eigenvalue weighted by atomic mass is 10.2. The summed E-state index contributed by atoms with van der Waals surface area (Å²) in [6, 6.07) is 7.20. The van der Waals surface area contributed by atoms with Crippen LogP contribution in [0.4, 0.5) is 0 Å². The van der Waals surface area contributed by atoms with Crippen LogP contribution in [-0.4, -0.2) is 19.9 Å². The van der Waals surface area contributed by atoms with Crippen LogP contribution in [0.2, 0.25) is 5.02 Å². The zero-order valence-electron chi connectivity index (χ0n) is 8.52. The molecule has 0 unspecified atom stereocenters. The molecule has 1 aromatic rings. The summed E-state index contributed by atoms with van der Waals surface area (Å²) < 4.78 is 23.9. The summed E-state index contributed by atoms with van der Waals surface area (Å²) in [4.78, 5) is 0. The van der Waals surface area contributed by atoms with Gasteiger partial charge in [0, 0.05) is 16.5 Å². The highest BCUT2D eigenvalue weighted by Gasteiger charge is 2.20. The number of benzene rings is 1. The molecule has 16 heavy (non-hydrogen) atoms. The van der Waals surface area contributed by atoms with Crippen LogP contribution in [0.15, 0.2) is 28.5 Å². The Hall–Kier alpha value is -0.450. The van der Waals surface area contributed by atoms with Gasteiger partial charge in [0.25, 0.3) is 0 Å². The normalized spacial score (nSPS) is 25.4. The first-order chi connectivity index (χ1) is 7.66. The Morgan fingerprint density at radius 3 is 2.19 bits per heavy atom. The van der Waals surface area contributed by atoms with E-state index < -0.39 is 21.6 Å². The lowest BCUT2D eigenvalue weighted by Crippen LogP contribution is -2.16. The van der Waals surface area contributed by atoms with Gasteiger partial charge in [-0.3, -0.25) is 8.42 Å². The molecule has 0 amide bonds. The summed E-state index contributed by atoms with van der Waals surface area (Å²) in [5.41, 5.74) is 0.892. The van der Waals surface area contributed by atoms with E-state index in [1.165, 1.54) is 0 Å². The molecule has 0 N–H and O–H groups in total. The molecule has 0 saturated carbocycles. The largest absolute Gasteiger partial charge is 0.254 e. The molecule has 1 saturated heterocycles. The monoisotopic (exact) mass is 274 g/mol. The molecule has 0 bridgehead atoms. The van der Waals surface area contributed by atoms with Crippen LogP contribution < -0.4 is 0 Å². The Bertz CT molecular complexity index is 447. The second kappa shape index (κ2) is 5.25. The Morgan fingerprint density at radius 2 is 1.62 bits per heavy atom. The van der Waals surface area contributed by atoms with E-state index in [1.807, 2.05) is 12.1 Å². The van der Waals surface area contributed by atoms with Crippen LogP contribution in [0.1, 0.15) is 12.0 Å². The number of halogens is 1. The first-order valence-corrected chi connectivity index (χ1v) is 7.92. The number of rotatable bonds is 1. The zero-order chi connectivity index (χ0) is 11.5. The van der Waals surface area contributed by atoms with Gasteiger partial charge in [-0.1, -0.05) is 23.7 Å². The molecule has 1 aromatic carbocycles. The summed E-state index contributed by atoms with van der Waals surface area (Å²) in [5.74, 6) is 1.23. The van der Waals surface area contributed by atoms with Crippen LogP contribution in [0.5, 0.6) is 0 Å². The van der Waals surface area contributed by atoms with E-state index in [9.17, 15) is 8.42 Å². The Kier molecular flexibility index (Phi) is 3.95. The maximum Gasteiger partial charge on any atom is 0.103 e. The van der Waals surface area contributed by atoms with Gasteiger partial charge in [0.1, 0.15) is 4.24 Å². The van der Waals surface area contributed by atoms with Gasteiger partial charge in [0.2, 0.25) is 0 Å². The molecule has 2 rings (SSSR count). The van der Waals surface area contributed by atoms with Crippen molar-refractivity contribution in [3.8, 4) is 0 Å². The molecule has 5 heteroatoms. The zero-order valence-corrected chi connectivity index (χ0v) is 10.9. The average molecular weight is 275 g/mol. The molecule has 1 aliphatic heterocycles. The third kappa shape index (κ3) is 2.81. The van der Waals surface area contributed by atoms with Crippen LogP contribution in [0.25, 0.3) is 6.08 Å². The van der Waals surface area contributed by atoms with E-state index in [0.29, 0.717) is 20.8 Å². The maximum atomic E-state index is 11.7. The summed E-state index contributed by atoms with van der Waals surface area (Å²) in [5, 5.41) is 0.660. The van der Waals surface area contributed by atoms with Crippen LogP contribution >= 0.6 is 11.6 Å². The standard InChI is InChI=1S/C11H11ClO2S2/c12-10-4-2-9(3-5-10)8-11-15(13)6-1-7-16(11)14/h2-5,8H,1,6-7H2/t15-,16-/m1/s1. The maximum absolute atomic E-state index is 11.7. The Balaban J connectivity index is 2.31. The molecule has 1 aliphatic rings. The number of hydrogen-bond acceptors (Lipinski definition) is 2. The minimum absolute atomic E-state index is 0.550. The van der Waals surface area contributed by atoms with Crippen molar-refractivity contribution in [1.29, 1.82) is 0 Å². The molecular formula is C11H11ClO2S2. The highest BCUT2D eigenvalue weighted by molar-refractivity contribution is 8.09. The van der Waals surface area contributed by atoms with Gasteiger partial charge in [0.05, 0.1) is 21.6 Å². The molecule has 0 radical (unpaired) electrons. The van der Waals surface area contributed by atoms with E-state index in [2.05, 4.69) is 0 Å². The smallest absolute Gasteiger partial charge is 0.103 e. The number of hydrogen-bond donors (Lipinski definition) is 0. The van der Waals surface area contributed by atoms with Gasteiger partial charge < -0.3 is 0 Å². The minimum Gasteiger partial charge on any atom is -0.254 e. The summed E-state index contributed by atoms with van der Waals surface area (Å²) in [6.45, 7) is 0. The van der Waals surface area contributed by atoms with Crippen molar-refractivity contribution in [2.24, 2.45) is 0 Å². The van der Waals surface area contributed by atoms with Crippen molar-refractivity contribution in [2.45, 2.75) is 6.42 Å². The predicted octanol–water partition coefficient (Wildman–Crippen LogP) is 2.54. The lowest BCUT2D eigenvalue weighted by Gasteiger charge is -2.12. The van der Waals surface area contributed by atoms with Crippen molar-refractivity contribution in [3.63, 3.8) is 0 Å². The van der Waals surface area contributed by atoms with E-state index in [-0.39, 0.29) is 0 Å². The minimum atomic E-state index is -1.09. The van der Waals surface area contributed by atoms with E-state index in [0.717, 1.165) is 12.0 Å². The van der Waals surface area contributed by atoms with Crippen molar-refractivity contribution in [2.75, 3.05) is 11.5 Å². The summed E-state index contributed by atoms with van der Waals surface area (Å²) >= 11 is 5.77. The fraction of sp³-hybridized carbons (Fsp3) is 0.273. The third-order valence-electron chi connectivity index (χ3n) is 2.26. The molecule has 0 spiro atoms. The lowest BCUT2D eigenvalue weighted by molar-refractivity contribution is 0.677. The summed E-state index contributed by atoms with van der Waals surface area (Å²) in [6.07, 6.45) is 2.53. The quantitative estimate of drug-likeness (QED) is 0.789. The van der Waals surface area contributed by atoms with Crippen molar-refractivity contribution in [3.05, 3.63) is 39.1 Å². The van der Waals surface area contributed by atoms with Gasteiger partial charge in [-0.2, -0.15) is 0 Å². The van der Waals surface area contributed by atoms with Crippen molar-refractivity contribution < 1.29 is 8.42 Å². The molecule has 86 valence electrons. The van der Waals surface area contributed by atoms with Gasteiger partial charge in [-0.05, 0) is 30.2 Å².